The lowest BCUT2D eigenvalue weighted by Gasteiger charge is -2.06. The summed E-state index contributed by atoms with van der Waals surface area (Å²) in [6.07, 6.45) is 0.787. The van der Waals surface area contributed by atoms with Gasteiger partial charge in [-0.2, -0.15) is 0 Å². The van der Waals surface area contributed by atoms with Gasteiger partial charge in [-0.15, -0.1) is 0 Å². The topological polar surface area (TPSA) is 72.2 Å². The molecular weight excluding hydrogens is 280 g/mol. The molecule has 0 heterocycles. The van der Waals surface area contributed by atoms with E-state index >= 15 is 0 Å². The Morgan fingerprint density at radius 2 is 1.95 bits per heavy atom. The van der Waals surface area contributed by atoms with Crippen molar-refractivity contribution in [1.82, 2.24) is 0 Å². The van der Waals surface area contributed by atoms with E-state index in [4.69, 9.17) is 0 Å². The zero-order chi connectivity index (χ0) is 15.7. The number of benzene rings is 2. The van der Waals surface area contributed by atoms with Gasteiger partial charge < -0.3 is 5.32 Å². The first kappa shape index (κ1) is 14.3. The zero-order valence-corrected chi connectivity index (χ0v) is 12.2. The Morgan fingerprint density at radius 1 is 1.23 bits per heavy atom. The number of nitrogens with one attached hydrogen (secondary N) is 1. The van der Waals surface area contributed by atoms with Crippen LogP contribution in [-0.4, -0.2) is 10.8 Å². The number of nitro benzene ring substituents is 1. The maximum absolute atomic E-state index is 12.3. The molecule has 1 saturated carbocycles. The van der Waals surface area contributed by atoms with Crippen LogP contribution in [0.2, 0.25) is 0 Å². The third-order valence-electron chi connectivity index (χ3n) is 3.96. The second kappa shape index (κ2) is 5.60. The molecule has 3 rings (SSSR count). The summed E-state index contributed by atoms with van der Waals surface area (Å²) in [6.45, 7) is 1.78. The van der Waals surface area contributed by atoms with E-state index in [0.717, 1.165) is 17.5 Å². The minimum atomic E-state index is -0.468. The summed E-state index contributed by atoms with van der Waals surface area (Å²) in [5, 5.41) is 13.8. The average molecular weight is 296 g/mol. The number of nitrogens with zero attached hydrogens (tertiary/aromatic N) is 1. The normalized spacial score (nSPS) is 19.5. The number of aryl methyl sites for hydroxylation is 1. The van der Waals surface area contributed by atoms with Gasteiger partial charge in [0.15, 0.2) is 0 Å². The Labute approximate surface area is 128 Å². The van der Waals surface area contributed by atoms with Crippen LogP contribution in [0.5, 0.6) is 0 Å². The van der Waals surface area contributed by atoms with Crippen LogP contribution in [0.3, 0.4) is 0 Å². The molecule has 112 valence electrons. The Balaban J connectivity index is 1.73. The summed E-state index contributed by atoms with van der Waals surface area (Å²) in [4.78, 5) is 22.9. The van der Waals surface area contributed by atoms with Crippen LogP contribution in [0, 0.1) is 23.0 Å². The summed E-state index contributed by atoms with van der Waals surface area (Å²) >= 11 is 0. The molecule has 0 radical (unpaired) electrons. The Hall–Kier alpha value is -2.69. The Morgan fingerprint density at radius 3 is 2.64 bits per heavy atom. The van der Waals surface area contributed by atoms with Gasteiger partial charge in [0.2, 0.25) is 5.91 Å². The second-order valence-corrected chi connectivity index (χ2v) is 5.63. The van der Waals surface area contributed by atoms with E-state index in [1.54, 1.807) is 19.1 Å². The van der Waals surface area contributed by atoms with Crippen LogP contribution >= 0.6 is 0 Å². The molecule has 0 aliphatic heterocycles. The van der Waals surface area contributed by atoms with Gasteiger partial charge in [0.25, 0.3) is 5.69 Å². The smallest absolute Gasteiger partial charge is 0.293 e. The van der Waals surface area contributed by atoms with Crippen molar-refractivity contribution < 1.29 is 9.72 Å². The van der Waals surface area contributed by atoms with Gasteiger partial charge in [-0.1, -0.05) is 36.4 Å². The minimum Gasteiger partial charge on any atom is -0.320 e. The molecule has 2 aromatic carbocycles. The molecule has 0 unspecified atom stereocenters. The number of carbonyl (C=O) groups excluding carboxylic acids is 1. The molecule has 0 saturated heterocycles. The number of nitro groups is 1. The highest BCUT2D eigenvalue weighted by Crippen LogP contribution is 2.48. The molecule has 2 atom stereocenters. The van der Waals surface area contributed by atoms with Crippen molar-refractivity contribution in [2.75, 3.05) is 5.32 Å². The van der Waals surface area contributed by atoms with Gasteiger partial charge in [0.05, 0.1) is 4.92 Å². The molecule has 22 heavy (non-hydrogen) atoms. The van der Waals surface area contributed by atoms with Gasteiger partial charge in [-0.25, -0.2) is 0 Å². The second-order valence-electron chi connectivity index (χ2n) is 5.63. The fourth-order valence-corrected chi connectivity index (χ4v) is 2.68. The predicted octanol–water partition coefficient (Wildman–Crippen LogP) is 3.65. The Kier molecular flexibility index (Phi) is 3.63. The SMILES string of the molecule is Cc1ccc(NC(=O)[C@H]2C[C@@H]2c2ccccc2)c([N+](=O)[O-])c1. The minimum absolute atomic E-state index is 0.0646. The molecule has 5 heteroatoms. The predicted molar refractivity (Wildman–Crippen MR) is 83.8 cm³/mol. The molecule has 0 spiro atoms. The number of anilines is 1. The van der Waals surface area contributed by atoms with Gasteiger partial charge >= 0.3 is 0 Å². The van der Waals surface area contributed by atoms with Gasteiger partial charge in [-0.05, 0) is 36.5 Å². The number of rotatable bonds is 4. The van der Waals surface area contributed by atoms with Crippen molar-refractivity contribution in [2.45, 2.75) is 19.3 Å². The quantitative estimate of drug-likeness (QED) is 0.691. The first-order valence-corrected chi connectivity index (χ1v) is 7.17. The summed E-state index contributed by atoms with van der Waals surface area (Å²) in [7, 11) is 0. The van der Waals surface area contributed by atoms with Crippen LogP contribution in [-0.2, 0) is 4.79 Å². The fourth-order valence-electron chi connectivity index (χ4n) is 2.68. The van der Waals surface area contributed by atoms with E-state index in [1.165, 1.54) is 6.07 Å². The Bertz CT molecular complexity index is 728. The molecule has 1 amide bonds. The van der Waals surface area contributed by atoms with Gasteiger partial charge in [0.1, 0.15) is 5.69 Å². The first-order chi connectivity index (χ1) is 10.6. The largest absolute Gasteiger partial charge is 0.320 e. The summed E-state index contributed by atoms with van der Waals surface area (Å²) in [5.41, 5.74) is 2.13. The standard InChI is InChI=1S/C17H16N2O3/c1-11-7-8-15(16(9-11)19(21)22)18-17(20)14-10-13(14)12-5-3-2-4-6-12/h2-9,13-14H,10H2,1H3,(H,18,20)/t13-,14+/m1/s1. The lowest BCUT2D eigenvalue weighted by molar-refractivity contribution is -0.384. The van der Waals surface area contributed by atoms with Crippen molar-refractivity contribution >= 4 is 17.3 Å². The number of amides is 1. The monoisotopic (exact) mass is 296 g/mol. The molecular formula is C17H16N2O3. The number of carbonyl (C=O) groups is 1. The molecule has 2 aromatic rings. The molecule has 1 fully saturated rings. The highest BCUT2D eigenvalue weighted by Gasteiger charge is 2.44. The van der Waals surface area contributed by atoms with Crippen molar-refractivity contribution in [3.63, 3.8) is 0 Å². The van der Waals surface area contributed by atoms with Crippen LogP contribution in [0.15, 0.2) is 48.5 Å². The first-order valence-electron chi connectivity index (χ1n) is 7.17. The van der Waals surface area contributed by atoms with Crippen molar-refractivity contribution in [3.8, 4) is 0 Å². The highest BCUT2D eigenvalue weighted by molar-refractivity contribution is 5.97. The number of hydrogen-bond acceptors (Lipinski definition) is 3. The summed E-state index contributed by atoms with van der Waals surface area (Å²) < 4.78 is 0. The van der Waals surface area contributed by atoms with Crippen LogP contribution < -0.4 is 5.32 Å². The molecule has 1 aliphatic carbocycles. The van der Waals surface area contributed by atoms with E-state index in [1.807, 2.05) is 30.3 Å². The lowest BCUT2D eigenvalue weighted by atomic mass is 10.1. The maximum Gasteiger partial charge on any atom is 0.293 e. The third kappa shape index (κ3) is 2.83. The maximum atomic E-state index is 12.3. The molecule has 0 aromatic heterocycles. The molecule has 5 nitrogen and oxygen atoms in total. The van der Waals surface area contributed by atoms with Crippen LogP contribution in [0.25, 0.3) is 0 Å². The fraction of sp³-hybridized carbons (Fsp3) is 0.235. The van der Waals surface area contributed by atoms with E-state index < -0.39 is 4.92 Å². The van der Waals surface area contributed by atoms with Gasteiger partial charge in [-0.3, -0.25) is 14.9 Å². The van der Waals surface area contributed by atoms with E-state index in [2.05, 4.69) is 5.32 Å². The number of hydrogen-bond donors (Lipinski definition) is 1. The molecule has 1 aliphatic rings. The average Bonchev–Trinajstić information content (AvgIpc) is 3.30. The summed E-state index contributed by atoms with van der Waals surface area (Å²) in [5.74, 6) is -0.0465. The van der Waals surface area contributed by atoms with Crippen LogP contribution in [0.4, 0.5) is 11.4 Å². The summed E-state index contributed by atoms with van der Waals surface area (Å²) in [6, 6.07) is 14.7. The van der Waals surface area contributed by atoms with Crippen molar-refractivity contribution in [2.24, 2.45) is 5.92 Å². The third-order valence-corrected chi connectivity index (χ3v) is 3.96. The molecule has 0 bridgehead atoms. The van der Waals surface area contributed by atoms with Crippen molar-refractivity contribution in [3.05, 3.63) is 69.8 Å². The van der Waals surface area contributed by atoms with Crippen LogP contribution in [0.1, 0.15) is 23.5 Å². The van der Waals surface area contributed by atoms with Crippen molar-refractivity contribution in [1.29, 1.82) is 0 Å². The van der Waals surface area contributed by atoms with E-state index in [-0.39, 0.29) is 29.1 Å². The molecule has 1 N–H and O–H groups in total. The lowest BCUT2D eigenvalue weighted by Crippen LogP contribution is -2.15. The van der Waals surface area contributed by atoms with E-state index in [9.17, 15) is 14.9 Å². The zero-order valence-electron chi connectivity index (χ0n) is 12.2. The highest BCUT2D eigenvalue weighted by atomic mass is 16.6. The van der Waals surface area contributed by atoms with E-state index in [0.29, 0.717) is 0 Å². The van der Waals surface area contributed by atoms with Gasteiger partial charge in [0, 0.05) is 12.0 Å².